The van der Waals surface area contributed by atoms with Crippen LogP contribution in [0.3, 0.4) is 0 Å². The molecule has 34 heavy (non-hydrogen) atoms. The van der Waals surface area contributed by atoms with E-state index in [0.717, 1.165) is 0 Å². The van der Waals surface area contributed by atoms with Crippen molar-refractivity contribution in [1.82, 2.24) is 20.0 Å². The third-order valence-electron chi connectivity index (χ3n) is 6.02. The second kappa shape index (κ2) is 10.4. The van der Waals surface area contributed by atoms with Gasteiger partial charge in [0.15, 0.2) is 0 Å². The summed E-state index contributed by atoms with van der Waals surface area (Å²) in [5.41, 5.74) is 1.52. The first-order valence-electron chi connectivity index (χ1n) is 11.0. The van der Waals surface area contributed by atoms with Gasteiger partial charge >= 0.3 is 6.03 Å². The van der Waals surface area contributed by atoms with E-state index >= 15 is 0 Å². The number of aromatic nitrogens is 2. The fourth-order valence-electron chi connectivity index (χ4n) is 4.31. The zero-order valence-corrected chi connectivity index (χ0v) is 19.7. The predicted molar refractivity (Wildman–Crippen MR) is 130 cm³/mol. The molecule has 2 atom stereocenters. The molecule has 180 valence electrons. The van der Waals surface area contributed by atoms with Crippen molar-refractivity contribution in [3.8, 4) is 5.69 Å². The number of H-pyrrole nitrogens is 1. The van der Waals surface area contributed by atoms with Crippen LogP contribution in [0.2, 0.25) is 5.02 Å². The van der Waals surface area contributed by atoms with Gasteiger partial charge in [-0.2, -0.15) is 0 Å². The monoisotopic (exact) mass is 487 g/mol. The molecule has 0 radical (unpaired) electrons. The van der Waals surface area contributed by atoms with Gasteiger partial charge in [-0.1, -0.05) is 29.8 Å². The third kappa shape index (κ3) is 5.32. The van der Waals surface area contributed by atoms with Gasteiger partial charge in [-0.3, -0.25) is 20.1 Å². The number of hydrogen-bond acceptors (Lipinski definition) is 4. The number of urea groups is 1. The molecule has 2 amide bonds. The van der Waals surface area contributed by atoms with Gasteiger partial charge in [-0.05, 0) is 42.8 Å². The highest BCUT2D eigenvalue weighted by atomic mass is 35.5. The molecule has 1 aromatic heterocycles. The van der Waals surface area contributed by atoms with Crippen molar-refractivity contribution in [2.75, 3.05) is 38.7 Å². The summed E-state index contributed by atoms with van der Waals surface area (Å²) in [6.07, 6.45) is 0. The highest BCUT2D eigenvalue weighted by Gasteiger charge is 2.35. The van der Waals surface area contributed by atoms with Gasteiger partial charge in [0.1, 0.15) is 11.6 Å². The molecule has 1 saturated heterocycles. The third-order valence-corrected chi connectivity index (χ3v) is 6.23. The highest BCUT2D eigenvalue weighted by molar-refractivity contribution is 6.30. The second-order valence-electron chi connectivity index (χ2n) is 8.35. The van der Waals surface area contributed by atoms with Crippen LogP contribution in [0.25, 0.3) is 5.69 Å². The first kappa shape index (κ1) is 24.0. The van der Waals surface area contributed by atoms with Crippen LogP contribution >= 0.6 is 11.6 Å². The summed E-state index contributed by atoms with van der Waals surface area (Å²) in [6, 6.07) is 12.9. The van der Waals surface area contributed by atoms with Gasteiger partial charge in [-0.25, -0.2) is 13.9 Å². The first-order chi connectivity index (χ1) is 16.4. The van der Waals surface area contributed by atoms with E-state index in [1.807, 2.05) is 30.3 Å². The van der Waals surface area contributed by atoms with Crippen LogP contribution in [0.15, 0.2) is 53.3 Å². The maximum atomic E-state index is 14.1. The summed E-state index contributed by atoms with van der Waals surface area (Å²) in [7, 11) is 1.63. The van der Waals surface area contributed by atoms with E-state index in [9.17, 15) is 14.0 Å². The molecule has 0 aliphatic carbocycles. The van der Waals surface area contributed by atoms with Crippen molar-refractivity contribution in [1.29, 1.82) is 0 Å². The summed E-state index contributed by atoms with van der Waals surface area (Å²) in [6.45, 7) is 4.05. The van der Waals surface area contributed by atoms with Crippen LogP contribution in [0, 0.1) is 12.7 Å². The molecule has 8 nitrogen and oxygen atoms in total. The number of anilines is 1. The molecule has 0 spiro atoms. The molecule has 2 heterocycles. The van der Waals surface area contributed by atoms with Crippen LogP contribution in [-0.2, 0) is 4.74 Å². The number of hydrogen-bond donors (Lipinski definition) is 3. The molecule has 1 fully saturated rings. The smallest absolute Gasteiger partial charge is 0.320 e. The number of benzene rings is 2. The van der Waals surface area contributed by atoms with Gasteiger partial charge < -0.3 is 10.1 Å². The molecule has 3 aromatic rings. The predicted octanol–water partition coefficient (Wildman–Crippen LogP) is 3.50. The number of amides is 2. The number of aromatic amines is 1. The minimum atomic E-state index is -0.460. The molecule has 1 unspecified atom stereocenters. The lowest BCUT2D eigenvalue weighted by Gasteiger charge is -2.21. The molecule has 10 heteroatoms. The summed E-state index contributed by atoms with van der Waals surface area (Å²) < 4.78 is 20.8. The van der Waals surface area contributed by atoms with E-state index in [1.54, 1.807) is 24.8 Å². The SMILES string of the molecule is COCCN1CC(c2cc(F)cc(Cl)c2)[C@H](NC(=O)Nc2c(C)c(=O)[nH]n2-c2ccccc2)C1. The summed E-state index contributed by atoms with van der Waals surface area (Å²) in [5, 5.41) is 8.88. The number of nitrogens with zero attached hydrogens (tertiary/aromatic N) is 2. The Morgan fingerprint density at radius 3 is 2.71 bits per heavy atom. The van der Waals surface area contributed by atoms with Crippen molar-refractivity contribution in [3.05, 3.63) is 80.9 Å². The Bertz CT molecular complexity index is 1190. The lowest BCUT2D eigenvalue weighted by atomic mass is 9.94. The molecule has 4 rings (SSSR count). The summed E-state index contributed by atoms with van der Waals surface area (Å²) in [4.78, 5) is 27.5. The lowest BCUT2D eigenvalue weighted by molar-refractivity contribution is 0.159. The van der Waals surface area contributed by atoms with Crippen LogP contribution in [0.4, 0.5) is 15.0 Å². The number of likely N-dealkylation sites (tertiary alicyclic amines) is 1. The second-order valence-corrected chi connectivity index (χ2v) is 8.79. The quantitative estimate of drug-likeness (QED) is 0.475. The fourth-order valence-corrected chi connectivity index (χ4v) is 4.54. The van der Waals surface area contributed by atoms with Crippen LogP contribution in [0.5, 0.6) is 0 Å². The summed E-state index contributed by atoms with van der Waals surface area (Å²) in [5.74, 6) is -0.233. The van der Waals surface area contributed by atoms with E-state index in [1.165, 1.54) is 12.1 Å². The Morgan fingerprint density at radius 1 is 1.24 bits per heavy atom. The van der Waals surface area contributed by atoms with Crippen molar-refractivity contribution >= 4 is 23.4 Å². The number of rotatable bonds is 7. The molecule has 1 aliphatic rings. The van der Waals surface area contributed by atoms with Gasteiger partial charge in [0.25, 0.3) is 5.56 Å². The number of carbonyl (C=O) groups is 1. The van der Waals surface area contributed by atoms with E-state index < -0.39 is 11.8 Å². The number of para-hydroxylation sites is 1. The van der Waals surface area contributed by atoms with Crippen molar-refractivity contribution in [3.63, 3.8) is 0 Å². The number of nitrogens with one attached hydrogen (secondary N) is 3. The maximum Gasteiger partial charge on any atom is 0.320 e. The standard InChI is InChI=1S/C24H27ClFN5O3/c1-15-22(31(29-23(15)32)19-6-4-3-5-7-19)28-24(33)27-21-14-30(8-9-34-2)13-20(21)16-10-17(25)12-18(26)11-16/h3-7,10-12,20-21H,8-9,13-14H2,1-2H3,(H,29,32)(H2,27,28,33)/t20?,21-/m1/s1. The fraction of sp³-hybridized carbons (Fsp3) is 0.333. The molecule has 1 aliphatic heterocycles. The maximum absolute atomic E-state index is 14.1. The van der Waals surface area contributed by atoms with Gasteiger partial charge in [0, 0.05) is 37.7 Å². The van der Waals surface area contributed by atoms with Gasteiger partial charge in [-0.15, -0.1) is 0 Å². The average molecular weight is 488 g/mol. The molecule has 0 bridgehead atoms. The Morgan fingerprint density at radius 2 is 2.00 bits per heavy atom. The number of halogens is 2. The molecular formula is C24H27ClFN5O3. The van der Waals surface area contributed by atoms with Gasteiger partial charge in [0.05, 0.1) is 23.9 Å². The topological polar surface area (TPSA) is 91.4 Å². The molecule has 3 N–H and O–H groups in total. The Balaban J connectivity index is 1.56. The largest absolute Gasteiger partial charge is 0.383 e. The van der Waals surface area contributed by atoms with Crippen LogP contribution in [0.1, 0.15) is 17.0 Å². The van der Waals surface area contributed by atoms with Gasteiger partial charge in [0.2, 0.25) is 0 Å². The minimum Gasteiger partial charge on any atom is -0.383 e. The molecule has 0 saturated carbocycles. The van der Waals surface area contributed by atoms with E-state index in [2.05, 4.69) is 20.6 Å². The van der Waals surface area contributed by atoms with E-state index in [0.29, 0.717) is 53.9 Å². The Kier molecular flexibility index (Phi) is 7.35. The zero-order valence-electron chi connectivity index (χ0n) is 19.0. The molecule has 2 aromatic carbocycles. The van der Waals surface area contributed by atoms with Crippen LogP contribution < -0.4 is 16.2 Å². The lowest BCUT2D eigenvalue weighted by Crippen LogP contribution is -2.42. The highest BCUT2D eigenvalue weighted by Crippen LogP contribution is 2.30. The number of methoxy groups -OCH3 is 1. The zero-order chi connectivity index (χ0) is 24.2. The Labute approximate surface area is 201 Å². The average Bonchev–Trinajstić information content (AvgIpc) is 3.33. The van der Waals surface area contributed by atoms with Crippen molar-refractivity contribution < 1.29 is 13.9 Å². The van der Waals surface area contributed by atoms with Crippen molar-refractivity contribution in [2.45, 2.75) is 18.9 Å². The summed E-state index contributed by atoms with van der Waals surface area (Å²) >= 11 is 6.10. The van der Waals surface area contributed by atoms with Crippen molar-refractivity contribution in [2.24, 2.45) is 0 Å². The minimum absolute atomic E-state index is 0.167. The van der Waals surface area contributed by atoms with E-state index in [4.69, 9.17) is 16.3 Å². The number of ether oxygens (including phenoxy) is 1. The van der Waals surface area contributed by atoms with Crippen LogP contribution in [-0.4, -0.2) is 60.1 Å². The van der Waals surface area contributed by atoms with E-state index in [-0.39, 0.29) is 17.5 Å². The molecular weight excluding hydrogens is 461 g/mol. The number of carbonyl (C=O) groups excluding carboxylic acids is 1. The first-order valence-corrected chi connectivity index (χ1v) is 11.4. The normalized spacial score (nSPS) is 18.2. The Hall–Kier alpha value is -3.14.